The number of methoxy groups -OCH3 is 1. The normalized spacial score (nSPS) is 17.7. The molecule has 0 unspecified atom stereocenters. The molecule has 0 saturated carbocycles. The number of para-hydroxylation sites is 1. The van der Waals surface area contributed by atoms with Gasteiger partial charge in [0.05, 0.1) is 18.2 Å². The maximum atomic E-state index is 13.2. The molecule has 1 atom stereocenters. The summed E-state index contributed by atoms with van der Waals surface area (Å²) in [6.45, 7) is 1.68. The standard InChI is InChI=1S/C18H22N2O3S/c1-22-11-12-23-16-8-3-2-6-14(16)18(21)20-10-5-4-7-15(20)17-19-9-13-24-17/h2-3,6,8-9,13,15H,4-5,7,10-12H2,1H3/t15-/m1/s1. The van der Waals surface area contributed by atoms with Gasteiger partial charge in [-0.15, -0.1) is 11.3 Å². The third-order valence-corrected chi connectivity index (χ3v) is 5.04. The maximum Gasteiger partial charge on any atom is 0.258 e. The first-order valence-electron chi connectivity index (χ1n) is 8.22. The van der Waals surface area contributed by atoms with Crippen LogP contribution < -0.4 is 4.74 Å². The van der Waals surface area contributed by atoms with E-state index in [0.717, 1.165) is 30.8 Å². The molecule has 1 fully saturated rings. The number of amides is 1. The van der Waals surface area contributed by atoms with Gasteiger partial charge in [-0.3, -0.25) is 4.79 Å². The number of carbonyl (C=O) groups excluding carboxylic acids is 1. The van der Waals surface area contributed by atoms with Crippen molar-refractivity contribution in [2.24, 2.45) is 0 Å². The summed E-state index contributed by atoms with van der Waals surface area (Å²) in [5, 5.41) is 2.98. The quantitative estimate of drug-likeness (QED) is 0.751. The van der Waals surface area contributed by atoms with Crippen molar-refractivity contribution < 1.29 is 14.3 Å². The first-order valence-corrected chi connectivity index (χ1v) is 9.10. The fourth-order valence-corrected chi connectivity index (χ4v) is 3.77. The minimum Gasteiger partial charge on any atom is -0.490 e. The Morgan fingerprint density at radius 3 is 3.00 bits per heavy atom. The minimum atomic E-state index is 0.0166. The Hall–Kier alpha value is -1.92. The van der Waals surface area contributed by atoms with E-state index in [1.807, 2.05) is 34.5 Å². The Kier molecular flexibility index (Phi) is 5.82. The predicted octanol–water partition coefficient (Wildman–Crippen LogP) is 3.54. The highest BCUT2D eigenvalue weighted by Gasteiger charge is 2.31. The number of piperidine rings is 1. The van der Waals surface area contributed by atoms with E-state index < -0.39 is 0 Å². The summed E-state index contributed by atoms with van der Waals surface area (Å²) in [5.74, 6) is 0.630. The molecule has 128 valence electrons. The molecule has 5 nitrogen and oxygen atoms in total. The van der Waals surface area contributed by atoms with Crippen molar-refractivity contribution in [2.45, 2.75) is 25.3 Å². The summed E-state index contributed by atoms with van der Waals surface area (Å²) in [6.07, 6.45) is 4.92. The molecule has 2 aromatic rings. The summed E-state index contributed by atoms with van der Waals surface area (Å²) >= 11 is 1.61. The first kappa shape index (κ1) is 16.9. The lowest BCUT2D eigenvalue weighted by Gasteiger charge is -2.34. The lowest BCUT2D eigenvalue weighted by molar-refractivity contribution is 0.0605. The molecule has 1 aliphatic heterocycles. The molecule has 0 aliphatic carbocycles. The van der Waals surface area contributed by atoms with Crippen molar-refractivity contribution in [1.29, 1.82) is 0 Å². The van der Waals surface area contributed by atoms with Gasteiger partial charge < -0.3 is 14.4 Å². The average Bonchev–Trinajstić information content (AvgIpc) is 3.16. The Morgan fingerprint density at radius 1 is 1.33 bits per heavy atom. The topological polar surface area (TPSA) is 51.7 Å². The molecule has 3 rings (SSSR count). The highest BCUT2D eigenvalue weighted by molar-refractivity contribution is 7.09. The number of ether oxygens (including phenoxy) is 2. The van der Waals surface area contributed by atoms with Gasteiger partial charge in [0.1, 0.15) is 17.4 Å². The van der Waals surface area contributed by atoms with Gasteiger partial charge in [-0.25, -0.2) is 4.98 Å². The molecular formula is C18H22N2O3S. The van der Waals surface area contributed by atoms with Crippen molar-refractivity contribution >= 4 is 17.2 Å². The number of likely N-dealkylation sites (tertiary alicyclic amines) is 1. The zero-order valence-electron chi connectivity index (χ0n) is 13.8. The molecule has 1 aromatic carbocycles. The van der Waals surface area contributed by atoms with E-state index in [-0.39, 0.29) is 11.9 Å². The Balaban J connectivity index is 1.82. The van der Waals surface area contributed by atoms with Crippen LogP contribution >= 0.6 is 11.3 Å². The van der Waals surface area contributed by atoms with Crippen LogP contribution in [0.3, 0.4) is 0 Å². The second kappa shape index (κ2) is 8.26. The molecule has 1 aliphatic rings. The van der Waals surface area contributed by atoms with E-state index in [0.29, 0.717) is 24.5 Å². The number of carbonyl (C=O) groups is 1. The SMILES string of the molecule is COCCOc1ccccc1C(=O)N1CCCC[C@@H]1c1nccs1. The van der Waals surface area contributed by atoms with Crippen LogP contribution in [0.1, 0.15) is 40.7 Å². The number of thiazole rings is 1. The fourth-order valence-electron chi connectivity index (χ4n) is 2.99. The van der Waals surface area contributed by atoms with Crippen LogP contribution in [0, 0.1) is 0 Å². The van der Waals surface area contributed by atoms with Crippen molar-refractivity contribution in [3.63, 3.8) is 0 Å². The molecule has 1 saturated heterocycles. The van der Waals surface area contributed by atoms with Crippen LogP contribution in [0.25, 0.3) is 0 Å². The van der Waals surface area contributed by atoms with Gasteiger partial charge in [0.25, 0.3) is 5.91 Å². The van der Waals surface area contributed by atoms with Gasteiger partial charge in [-0.2, -0.15) is 0 Å². The molecule has 1 aromatic heterocycles. The molecular weight excluding hydrogens is 324 g/mol. The van der Waals surface area contributed by atoms with Crippen LogP contribution in [0.4, 0.5) is 0 Å². The van der Waals surface area contributed by atoms with E-state index in [1.165, 1.54) is 0 Å². The molecule has 1 amide bonds. The molecule has 0 spiro atoms. The second-order valence-corrected chi connectivity index (χ2v) is 6.64. The van der Waals surface area contributed by atoms with E-state index in [2.05, 4.69) is 4.98 Å². The zero-order valence-corrected chi connectivity index (χ0v) is 14.6. The summed E-state index contributed by atoms with van der Waals surface area (Å²) in [5.41, 5.74) is 0.608. The average molecular weight is 346 g/mol. The van der Waals surface area contributed by atoms with Gasteiger partial charge in [0.15, 0.2) is 0 Å². The van der Waals surface area contributed by atoms with Crippen LogP contribution in [0.2, 0.25) is 0 Å². The van der Waals surface area contributed by atoms with Crippen LogP contribution in [0.5, 0.6) is 5.75 Å². The number of hydrogen-bond donors (Lipinski definition) is 0. The van der Waals surface area contributed by atoms with Crippen molar-refractivity contribution in [3.8, 4) is 5.75 Å². The highest BCUT2D eigenvalue weighted by atomic mass is 32.1. The van der Waals surface area contributed by atoms with Crippen molar-refractivity contribution in [2.75, 3.05) is 26.9 Å². The number of hydrogen-bond acceptors (Lipinski definition) is 5. The maximum absolute atomic E-state index is 13.2. The smallest absolute Gasteiger partial charge is 0.258 e. The van der Waals surface area contributed by atoms with Gasteiger partial charge >= 0.3 is 0 Å². The van der Waals surface area contributed by atoms with Crippen LogP contribution in [0.15, 0.2) is 35.8 Å². The summed E-state index contributed by atoms with van der Waals surface area (Å²) < 4.78 is 10.7. The lowest BCUT2D eigenvalue weighted by atomic mass is 10.0. The van der Waals surface area contributed by atoms with Crippen LogP contribution in [-0.4, -0.2) is 42.7 Å². The number of rotatable bonds is 6. The Bertz CT molecular complexity index is 660. The minimum absolute atomic E-state index is 0.0166. The molecule has 0 bridgehead atoms. The van der Waals surface area contributed by atoms with E-state index in [1.54, 1.807) is 24.6 Å². The van der Waals surface area contributed by atoms with Gasteiger partial charge in [0, 0.05) is 25.2 Å². The highest BCUT2D eigenvalue weighted by Crippen LogP contribution is 2.34. The molecule has 2 heterocycles. The molecule has 0 radical (unpaired) electrons. The van der Waals surface area contributed by atoms with Gasteiger partial charge in [-0.1, -0.05) is 12.1 Å². The van der Waals surface area contributed by atoms with Crippen molar-refractivity contribution in [3.05, 3.63) is 46.4 Å². The largest absolute Gasteiger partial charge is 0.490 e. The van der Waals surface area contributed by atoms with E-state index in [4.69, 9.17) is 9.47 Å². The number of aromatic nitrogens is 1. The summed E-state index contributed by atoms with van der Waals surface area (Å²) in [6, 6.07) is 7.49. The van der Waals surface area contributed by atoms with Gasteiger partial charge in [0.2, 0.25) is 0 Å². The monoisotopic (exact) mass is 346 g/mol. The first-order chi connectivity index (χ1) is 11.8. The molecule has 6 heteroatoms. The van der Waals surface area contributed by atoms with Crippen molar-refractivity contribution in [1.82, 2.24) is 9.88 Å². The predicted molar refractivity (Wildman–Crippen MR) is 93.6 cm³/mol. The van der Waals surface area contributed by atoms with Crippen LogP contribution in [-0.2, 0) is 4.74 Å². The molecule has 0 N–H and O–H groups in total. The zero-order chi connectivity index (χ0) is 16.8. The Morgan fingerprint density at radius 2 is 2.21 bits per heavy atom. The second-order valence-electron chi connectivity index (χ2n) is 5.72. The fraction of sp³-hybridized carbons (Fsp3) is 0.444. The number of nitrogens with zero attached hydrogens (tertiary/aromatic N) is 2. The van der Waals surface area contributed by atoms with E-state index in [9.17, 15) is 4.79 Å². The summed E-state index contributed by atoms with van der Waals surface area (Å²) in [4.78, 5) is 19.5. The third kappa shape index (κ3) is 3.76. The Labute approximate surface area is 146 Å². The third-order valence-electron chi connectivity index (χ3n) is 4.16. The summed E-state index contributed by atoms with van der Waals surface area (Å²) in [7, 11) is 1.63. The van der Waals surface area contributed by atoms with Gasteiger partial charge in [-0.05, 0) is 31.4 Å². The lowest BCUT2D eigenvalue weighted by Crippen LogP contribution is -2.38. The van der Waals surface area contributed by atoms with E-state index >= 15 is 0 Å². The molecule has 24 heavy (non-hydrogen) atoms. The number of benzene rings is 1.